The topological polar surface area (TPSA) is 58.6 Å². The van der Waals surface area contributed by atoms with Gasteiger partial charge in [-0.3, -0.25) is 4.79 Å². The summed E-state index contributed by atoms with van der Waals surface area (Å²) in [4.78, 5) is 11.4. The average molecular weight is 308 g/mol. The summed E-state index contributed by atoms with van der Waals surface area (Å²) in [6.45, 7) is -2.16. The number of aliphatic hydroxyl groups is 1. The van der Waals surface area contributed by atoms with Crippen molar-refractivity contribution in [3.8, 4) is 5.75 Å². The molecule has 0 saturated carbocycles. The number of amides is 1. The molecule has 2 N–H and O–H groups in total. The Kier molecular flexibility index (Phi) is 6.16. The molecule has 0 saturated heterocycles. The summed E-state index contributed by atoms with van der Waals surface area (Å²) in [5, 5.41) is 10.9. The minimum absolute atomic E-state index is 0.0597. The standard InChI is InChI=1S/C13H16ClF2NO3/c1-20-11-4-2-9(6-10(11)14)3-5-12(19)17-7-13(15,16)8-18/h2,4,6,18H,3,5,7-8H2,1H3,(H,17,19). The van der Waals surface area contributed by atoms with Crippen LogP contribution >= 0.6 is 11.6 Å². The number of hydrogen-bond acceptors (Lipinski definition) is 3. The van der Waals surface area contributed by atoms with Crippen LogP contribution < -0.4 is 10.1 Å². The number of methoxy groups -OCH3 is 1. The molecule has 20 heavy (non-hydrogen) atoms. The lowest BCUT2D eigenvalue weighted by Crippen LogP contribution is -2.39. The minimum Gasteiger partial charge on any atom is -0.495 e. The molecule has 0 unspecified atom stereocenters. The van der Waals surface area contributed by atoms with Crippen molar-refractivity contribution in [2.24, 2.45) is 0 Å². The third-order valence-corrected chi connectivity index (χ3v) is 2.93. The van der Waals surface area contributed by atoms with Gasteiger partial charge in [0.25, 0.3) is 5.92 Å². The first kappa shape index (κ1) is 16.7. The van der Waals surface area contributed by atoms with Crippen LogP contribution in [0.2, 0.25) is 5.02 Å². The van der Waals surface area contributed by atoms with Crippen molar-refractivity contribution in [1.82, 2.24) is 5.32 Å². The monoisotopic (exact) mass is 307 g/mol. The maximum Gasteiger partial charge on any atom is 0.287 e. The molecule has 0 aliphatic rings. The zero-order chi connectivity index (χ0) is 15.2. The Bertz CT molecular complexity index is 469. The van der Waals surface area contributed by atoms with Crippen LogP contribution in [0.15, 0.2) is 18.2 Å². The number of rotatable bonds is 7. The molecule has 0 atom stereocenters. The number of aryl methyl sites for hydroxylation is 1. The van der Waals surface area contributed by atoms with E-state index in [1.54, 1.807) is 18.2 Å². The van der Waals surface area contributed by atoms with E-state index in [0.717, 1.165) is 5.56 Å². The Hall–Kier alpha value is -1.40. The fraction of sp³-hybridized carbons (Fsp3) is 0.462. The summed E-state index contributed by atoms with van der Waals surface area (Å²) < 4.78 is 30.4. The lowest BCUT2D eigenvalue weighted by atomic mass is 10.1. The van der Waals surface area contributed by atoms with Crippen LogP contribution in [0.25, 0.3) is 0 Å². The van der Waals surface area contributed by atoms with E-state index in [-0.39, 0.29) is 6.42 Å². The number of hydrogen-bond donors (Lipinski definition) is 2. The Morgan fingerprint density at radius 1 is 1.50 bits per heavy atom. The first-order chi connectivity index (χ1) is 9.38. The van der Waals surface area contributed by atoms with E-state index >= 15 is 0 Å². The second kappa shape index (κ2) is 7.40. The number of benzene rings is 1. The van der Waals surface area contributed by atoms with E-state index < -0.39 is 25.0 Å². The van der Waals surface area contributed by atoms with Crippen molar-refractivity contribution < 1.29 is 23.4 Å². The van der Waals surface area contributed by atoms with Gasteiger partial charge in [-0.25, -0.2) is 8.78 Å². The molecule has 1 rings (SSSR count). The van der Waals surface area contributed by atoms with Gasteiger partial charge in [0, 0.05) is 6.42 Å². The first-order valence-electron chi connectivity index (χ1n) is 5.96. The van der Waals surface area contributed by atoms with Gasteiger partial charge in [0.05, 0.1) is 18.7 Å². The number of carbonyl (C=O) groups is 1. The van der Waals surface area contributed by atoms with Gasteiger partial charge >= 0.3 is 0 Å². The van der Waals surface area contributed by atoms with Crippen LogP contribution in [-0.2, 0) is 11.2 Å². The van der Waals surface area contributed by atoms with Gasteiger partial charge in [0.1, 0.15) is 12.4 Å². The predicted molar refractivity (Wildman–Crippen MR) is 71.4 cm³/mol. The van der Waals surface area contributed by atoms with E-state index in [9.17, 15) is 13.6 Å². The van der Waals surface area contributed by atoms with Crippen molar-refractivity contribution in [3.05, 3.63) is 28.8 Å². The Morgan fingerprint density at radius 3 is 2.75 bits per heavy atom. The van der Waals surface area contributed by atoms with Crippen molar-refractivity contribution in [3.63, 3.8) is 0 Å². The Morgan fingerprint density at radius 2 is 2.20 bits per heavy atom. The second-order valence-electron chi connectivity index (χ2n) is 4.26. The van der Waals surface area contributed by atoms with Gasteiger partial charge in [-0.1, -0.05) is 17.7 Å². The number of aliphatic hydroxyl groups excluding tert-OH is 1. The Labute approximate surface area is 120 Å². The minimum atomic E-state index is -3.29. The molecule has 1 aromatic carbocycles. The molecule has 7 heteroatoms. The highest BCUT2D eigenvalue weighted by atomic mass is 35.5. The third kappa shape index (κ3) is 5.30. The van der Waals surface area contributed by atoms with Crippen LogP contribution in [0.4, 0.5) is 8.78 Å². The number of halogens is 3. The van der Waals surface area contributed by atoms with Crippen LogP contribution in [0.3, 0.4) is 0 Å². The molecule has 0 heterocycles. The van der Waals surface area contributed by atoms with Gasteiger partial charge < -0.3 is 15.2 Å². The molecule has 0 aromatic heterocycles. The highest BCUT2D eigenvalue weighted by molar-refractivity contribution is 6.32. The van der Waals surface area contributed by atoms with Crippen LogP contribution in [-0.4, -0.2) is 37.2 Å². The smallest absolute Gasteiger partial charge is 0.287 e. The van der Waals surface area contributed by atoms with E-state index in [1.807, 2.05) is 0 Å². The van der Waals surface area contributed by atoms with Crippen LogP contribution in [0.5, 0.6) is 5.75 Å². The van der Waals surface area contributed by atoms with Gasteiger partial charge in [0.2, 0.25) is 5.91 Å². The highest BCUT2D eigenvalue weighted by Gasteiger charge is 2.27. The fourth-order valence-electron chi connectivity index (χ4n) is 1.50. The zero-order valence-electron chi connectivity index (χ0n) is 11.0. The lowest BCUT2D eigenvalue weighted by Gasteiger charge is -2.13. The maximum absolute atomic E-state index is 12.7. The van der Waals surface area contributed by atoms with Crippen LogP contribution in [0, 0.1) is 0 Å². The summed E-state index contributed by atoms with van der Waals surface area (Å²) >= 11 is 5.93. The first-order valence-corrected chi connectivity index (χ1v) is 6.33. The van der Waals surface area contributed by atoms with E-state index in [1.165, 1.54) is 7.11 Å². The summed E-state index contributed by atoms with van der Waals surface area (Å²) in [5.41, 5.74) is 0.805. The van der Waals surface area contributed by atoms with Gasteiger partial charge in [-0.15, -0.1) is 0 Å². The zero-order valence-corrected chi connectivity index (χ0v) is 11.7. The second-order valence-corrected chi connectivity index (χ2v) is 4.67. The molecule has 0 spiro atoms. The number of nitrogens with one attached hydrogen (secondary N) is 1. The van der Waals surface area contributed by atoms with Gasteiger partial charge in [0.15, 0.2) is 0 Å². The molecule has 1 aromatic rings. The van der Waals surface area contributed by atoms with E-state index in [4.69, 9.17) is 21.4 Å². The fourth-order valence-corrected chi connectivity index (χ4v) is 1.78. The Balaban J connectivity index is 2.43. The molecular formula is C13H16ClF2NO3. The molecule has 0 aliphatic carbocycles. The normalized spacial score (nSPS) is 11.2. The molecule has 4 nitrogen and oxygen atoms in total. The number of carbonyl (C=O) groups excluding carboxylic acids is 1. The lowest BCUT2D eigenvalue weighted by molar-refractivity contribution is -0.124. The summed E-state index contributed by atoms with van der Waals surface area (Å²) in [6, 6.07) is 5.09. The number of ether oxygens (including phenoxy) is 1. The molecule has 0 bridgehead atoms. The van der Waals surface area contributed by atoms with E-state index in [2.05, 4.69) is 5.32 Å². The van der Waals surface area contributed by atoms with Crippen molar-refractivity contribution in [2.75, 3.05) is 20.3 Å². The SMILES string of the molecule is COc1ccc(CCC(=O)NCC(F)(F)CO)cc1Cl. The van der Waals surface area contributed by atoms with Crippen molar-refractivity contribution >= 4 is 17.5 Å². The summed E-state index contributed by atoms with van der Waals surface area (Å²) in [5.74, 6) is -3.27. The number of alkyl halides is 2. The summed E-state index contributed by atoms with van der Waals surface area (Å²) in [6.07, 6.45) is 0.435. The molecule has 0 radical (unpaired) electrons. The molecule has 0 fully saturated rings. The van der Waals surface area contributed by atoms with Gasteiger partial charge in [-0.2, -0.15) is 0 Å². The largest absolute Gasteiger partial charge is 0.495 e. The highest BCUT2D eigenvalue weighted by Crippen LogP contribution is 2.25. The maximum atomic E-state index is 12.7. The summed E-state index contributed by atoms with van der Waals surface area (Å²) in [7, 11) is 1.50. The molecule has 1 amide bonds. The van der Waals surface area contributed by atoms with Crippen molar-refractivity contribution in [2.45, 2.75) is 18.8 Å². The molecule has 112 valence electrons. The van der Waals surface area contributed by atoms with E-state index in [0.29, 0.717) is 17.2 Å². The average Bonchev–Trinajstić information content (AvgIpc) is 2.43. The van der Waals surface area contributed by atoms with Gasteiger partial charge in [-0.05, 0) is 24.1 Å². The third-order valence-electron chi connectivity index (χ3n) is 2.63. The van der Waals surface area contributed by atoms with Crippen LogP contribution in [0.1, 0.15) is 12.0 Å². The molecule has 0 aliphatic heterocycles. The predicted octanol–water partition coefficient (Wildman–Crippen LogP) is 2.02. The van der Waals surface area contributed by atoms with Crippen molar-refractivity contribution in [1.29, 1.82) is 0 Å². The quantitative estimate of drug-likeness (QED) is 0.810. The molecular weight excluding hydrogens is 292 g/mol.